The standard InChI is InChI=1S/C20H21Cl3N4/c1-14-25-19-11-16(4-6-20(19)26(14)2)24-13-15-3-5-17(12-18(15)23)27(9-7-21)10-8-22/h3-6,11-13H,7-10H2,1-2H3. The van der Waals surface area contributed by atoms with Gasteiger partial charge in [-0.3, -0.25) is 4.99 Å². The van der Waals surface area contributed by atoms with E-state index in [2.05, 4.69) is 19.4 Å². The Morgan fingerprint density at radius 2 is 1.85 bits per heavy atom. The molecule has 0 bridgehead atoms. The third-order valence-corrected chi connectivity index (χ3v) is 5.16. The summed E-state index contributed by atoms with van der Waals surface area (Å²) < 4.78 is 2.06. The Kier molecular flexibility index (Phi) is 6.64. The molecular formula is C20H21Cl3N4. The Morgan fingerprint density at radius 3 is 2.52 bits per heavy atom. The number of anilines is 1. The van der Waals surface area contributed by atoms with Gasteiger partial charge in [0.2, 0.25) is 0 Å². The predicted octanol–water partition coefficient (Wildman–Crippen LogP) is 5.57. The van der Waals surface area contributed by atoms with Crippen LogP contribution < -0.4 is 4.90 Å². The molecule has 0 aliphatic heterocycles. The van der Waals surface area contributed by atoms with E-state index in [4.69, 9.17) is 34.8 Å². The van der Waals surface area contributed by atoms with Crippen molar-refractivity contribution in [3.05, 3.63) is 52.8 Å². The SMILES string of the molecule is Cc1nc2cc(N=Cc3ccc(N(CCCl)CCCl)cc3Cl)ccc2n1C. The van der Waals surface area contributed by atoms with Crippen molar-refractivity contribution in [2.24, 2.45) is 12.0 Å². The molecule has 3 aromatic rings. The molecule has 1 heterocycles. The molecule has 142 valence electrons. The molecule has 0 atom stereocenters. The summed E-state index contributed by atoms with van der Waals surface area (Å²) in [4.78, 5) is 11.2. The number of hydrogen-bond acceptors (Lipinski definition) is 3. The van der Waals surface area contributed by atoms with Crippen LogP contribution in [0.15, 0.2) is 41.4 Å². The van der Waals surface area contributed by atoms with Gasteiger partial charge in [-0.25, -0.2) is 4.98 Å². The Morgan fingerprint density at radius 1 is 1.11 bits per heavy atom. The number of hydrogen-bond donors (Lipinski definition) is 0. The van der Waals surface area contributed by atoms with Crippen LogP contribution in [-0.2, 0) is 7.05 Å². The van der Waals surface area contributed by atoms with Crippen LogP contribution >= 0.6 is 34.8 Å². The van der Waals surface area contributed by atoms with Crippen LogP contribution in [0.25, 0.3) is 11.0 Å². The maximum atomic E-state index is 6.46. The van der Waals surface area contributed by atoms with E-state index in [1.54, 1.807) is 6.21 Å². The van der Waals surface area contributed by atoms with E-state index in [1.165, 1.54) is 0 Å². The summed E-state index contributed by atoms with van der Waals surface area (Å²) in [6, 6.07) is 11.9. The van der Waals surface area contributed by atoms with Gasteiger partial charge in [-0.05, 0) is 43.3 Å². The van der Waals surface area contributed by atoms with Crippen molar-refractivity contribution in [2.45, 2.75) is 6.92 Å². The average Bonchev–Trinajstić information content (AvgIpc) is 2.94. The molecule has 0 spiro atoms. The first kappa shape index (κ1) is 20.0. The summed E-state index contributed by atoms with van der Waals surface area (Å²) in [5, 5.41) is 0.639. The summed E-state index contributed by atoms with van der Waals surface area (Å²) in [6.07, 6.45) is 1.77. The van der Waals surface area contributed by atoms with Crippen LogP contribution in [0.1, 0.15) is 11.4 Å². The highest BCUT2D eigenvalue weighted by molar-refractivity contribution is 6.33. The molecule has 0 radical (unpaired) electrons. The van der Waals surface area contributed by atoms with Crippen molar-refractivity contribution in [1.82, 2.24) is 9.55 Å². The number of nitrogens with zero attached hydrogens (tertiary/aromatic N) is 4. The van der Waals surface area contributed by atoms with Gasteiger partial charge in [0.15, 0.2) is 0 Å². The number of halogens is 3. The molecule has 2 aromatic carbocycles. The second-order valence-electron chi connectivity index (χ2n) is 6.22. The average molecular weight is 424 g/mol. The number of benzene rings is 2. The second-order valence-corrected chi connectivity index (χ2v) is 7.38. The maximum absolute atomic E-state index is 6.46. The first-order valence-corrected chi connectivity index (χ1v) is 10.1. The lowest BCUT2D eigenvalue weighted by Gasteiger charge is -2.23. The Bertz CT molecular complexity index is 959. The molecule has 0 saturated carbocycles. The Balaban J connectivity index is 1.82. The fraction of sp³-hybridized carbons (Fsp3) is 0.300. The van der Waals surface area contributed by atoms with Crippen LogP contribution in [0.3, 0.4) is 0 Å². The molecule has 0 saturated heterocycles. The zero-order valence-electron chi connectivity index (χ0n) is 15.3. The topological polar surface area (TPSA) is 33.4 Å². The van der Waals surface area contributed by atoms with Crippen molar-refractivity contribution in [1.29, 1.82) is 0 Å². The van der Waals surface area contributed by atoms with E-state index in [1.807, 2.05) is 50.4 Å². The molecule has 0 unspecified atom stereocenters. The van der Waals surface area contributed by atoms with Crippen molar-refractivity contribution in [2.75, 3.05) is 29.7 Å². The molecule has 0 aliphatic carbocycles. The number of rotatable bonds is 7. The highest BCUT2D eigenvalue weighted by Crippen LogP contribution is 2.25. The van der Waals surface area contributed by atoms with Gasteiger partial charge in [-0.2, -0.15) is 0 Å². The minimum Gasteiger partial charge on any atom is -0.369 e. The number of fused-ring (bicyclic) bond motifs is 1. The molecule has 0 fully saturated rings. The monoisotopic (exact) mass is 422 g/mol. The smallest absolute Gasteiger partial charge is 0.106 e. The van der Waals surface area contributed by atoms with Gasteiger partial charge in [0.05, 0.1) is 21.7 Å². The van der Waals surface area contributed by atoms with E-state index >= 15 is 0 Å². The maximum Gasteiger partial charge on any atom is 0.106 e. The molecule has 0 aliphatic rings. The quantitative estimate of drug-likeness (QED) is 0.368. The Hall–Kier alpha value is -1.75. The summed E-state index contributed by atoms with van der Waals surface area (Å²) in [5.41, 5.74) is 4.72. The van der Waals surface area contributed by atoms with E-state index < -0.39 is 0 Å². The summed E-state index contributed by atoms with van der Waals surface area (Å²) >= 11 is 18.2. The van der Waals surface area contributed by atoms with Crippen molar-refractivity contribution in [3.8, 4) is 0 Å². The fourth-order valence-corrected chi connectivity index (χ4v) is 3.56. The first-order chi connectivity index (χ1) is 13.0. The molecule has 27 heavy (non-hydrogen) atoms. The van der Waals surface area contributed by atoms with Crippen LogP contribution in [0.5, 0.6) is 0 Å². The minimum atomic E-state index is 0.535. The molecular weight excluding hydrogens is 403 g/mol. The van der Waals surface area contributed by atoms with Crippen LogP contribution in [0.4, 0.5) is 11.4 Å². The molecule has 1 aromatic heterocycles. The molecule has 3 rings (SSSR count). The third-order valence-electron chi connectivity index (χ3n) is 4.50. The number of aromatic nitrogens is 2. The summed E-state index contributed by atoms with van der Waals surface area (Å²) in [5.74, 6) is 2.05. The van der Waals surface area contributed by atoms with E-state index in [9.17, 15) is 0 Å². The third kappa shape index (κ3) is 4.57. The normalized spacial score (nSPS) is 11.6. The van der Waals surface area contributed by atoms with E-state index in [0.717, 1.165) is 46.9 Å². The zero-order valence-corrected chi connectivity index (χ0v) is 17.6. The highest BCUT2D eigenvalue weighted by atomic mass is 35.5. The largest absolute Gasteiger partial charge is 0.369 e. The number of alkyl halides is 2. The van der Waals surface area contributed by atoms with Gasteiger partial charge in [0, 0.05) is 49.4 Å². The second kappa shape index (κ2) is 8.96. The van der Waals surface area contributed by atoms with Gasteiger partial charge in [-0.15, -0.1) is 23.2 Å². The molecule has 0 N–H and O–H groups in total. The van der Waals surface area contributed by atoms with Crippen LogP contribution in [0, 0.1) is 6.92 Å². The molecule has 7 heteroatoms. The number of aryl methyl sites for hydroxylation is 2. The van der Waals surface area contributed by atoms with Crippen molar-refractivity contribution in [3.63, 3.8) is 0 Å². The highest BCUT2D eigenvalue weighted by Gasteiger charge is 2.08. The fourth-order valence-electron chi connectivity index (χ4n) is 2.92. The number of aliphatic imine (C=N–C) groups is 1. The van der Waals surface area contributed by atoms with Crippen LogP contribution in [-0.4, -0.2) is 40.6 Å². The van der Waals surface area contributed by atoms with Gasteiger partial charge < -0.3 is 9.47 Å². The molecule has 0 amide bonds. The van der Waals surface area contributed by atoms with Crippen molar-refractivity contribution >= 4 is 63.4 Å². The van der Waals surface area contributed by atoms with Gasteiger partial charge in [0.25, 0.3) is 0 Å². The lowest BCUT2D eigenvalue weighted by Crippen LogP contribution is -2.27. The summed E-state index contributed by atoms with van der Waals surface area (Å²) in [6.45, 7) is 3.44. The lowest BCUT2D eigenvalue weighted by molar-refractivity contribution is 0.874. The van der Waals surface area contributed by atoms with Crippen LogP contribution in [0.2, 0.25) is 5.02 Å². The number of imidazole rings is 1. The predicted molar refractivity (Wildman–Crippen MR) is 118 cm³/mol. The minimum absolute atomic E-state index is 0.535. The van der Waals surface area contributed by atoms with Crippen molar-refractivity contribution < 1.29 is 0 Å². The molecule has 4 nitrogen and oxygen atoms in total. The summed E-state index contributed by atoms with van der Waals surface area (Å²) in [7, 11) is 2.01. The van der Waals surface area contributed by atoms with E-state index in [-0.39, 0.29) is 0 Å². The lowest BCUT2D eigenvalue weighted by atomic mass is 10.2. The zero-order chi connectivity index (χ0) is 19.4. The van der Waals surface area contributed by atoms with Gasteiger partial charge in [0.1, 0.15) is 5.82 Å². The van der Waals surface area contributed by atoms with Gasteiger partial charge in [-0.1, -0.05) is 11.6 Å². The first-order valence-electron chi connectivity index (χ1n) is 8.67. The van der Waals surface area contributed by atoms with E-state index in [0.29, 0.717) is 16.8 Å². The van der Waals surface area contributed by atoms with Gasteiger partial charge >= 0.3 is 0 Å². The Labute approximate surface area is 174 Å².